The molecule has 0 nitrogen and oxygen atoms in total. The van der Waals surface area contributed by atoms with E-state index >= 15 is 0 Å². The van der Waals surface area contributed by atoms with Gasteiger partial charge in [0.2, 0.25) is 0 Å². The maximum absolute atomic E-state index is 2.53. The molecule has 14 heavy (non-hydrogen) atoms. The Morgan fingerprint density at radius 1 is 1.07 bits per heavy atom. The summed E-state index contributed by atoms with van der Waals surface area (Å²) in [5.74, 6) is 3.04. The minimum atomic E-state index is 0.925. The first kappa shape index (κ1) is 10.3. The summed E-state index contributed by atoms with van der Waals surface area (Å²) in [5.41, 5.74) is 1.64. The second kappa shape index (κ2) is 4.51. The third-order valence-electron chi connectivity index (χ3n) is 4.29. The minimum Gasteiger partial charge on any atom is -0.0853 e. The van der Waals surface area contributed by atoms with Crippen molar-refractivity contribution >= 4 is 0 Å². The lowest BCUT2D eigenvalue weighted by Crippen LogP contribution is -2.23. The summed E-state index contributed by atoms with van der Waals surface area (Å²) in [4.78, 5) is 0. The maximum atomic E-state index is 2.53. The first-order chi connectivity index (χ1) is 6.75. The van der Waals surface area contributed by atoms with E-state index in [1.807, 2.05) is 0 Å². The van der Waals surface area contributed by atoms with Gasteiger partial charge in [-0.2, -0.15) is 0 Å². The van der Waals surface area contributed by atoms with E-state index in [0.29, 0.717) is 0 Å². The van der Waals surface area contributed by atoms with Crippen LogP contribution in [0.25, 0.3) is 0 Å². The van der Waals surface area contributed by atoms with Gasteiger partial charge in [-0.3, -0.25) is 0 Å². The molecule has 0 N–H and O–H groups in total. The van der Waals surface area contributed by atoms with Crippen molar-refractivity contribution in [2.24, 2.45) is 17.8 Å². The minimum absolute atomic E-state index is 0.925. The van der Waals surface area contributed by atoms with Crippen molar-refractivity contribution in [1.82, 2.24) is 0 Å². The van der Waals surface area contributed by atoms with Gasteiger partial charge in [0.15, 0.2) is 0 Å². The Hall–Kier alpha value is -0.260. The van der Waals surface area contributed by atoms with Crippen LogP contribution in [0.5, 0.6) is 0 Å². The monoisotopic (exact) mass is 192 g/mol. The molecule has 80 valence electrons. The van der Waals surface area contributed by atoms with Crippen molar-refractivity contribution in [3.8, 4) is 0 Å². The zero-order valence-corrected chi connectivity index (χ0v) is 9.76. The van der Waals surface area contributed by atoms with Crippen LogP contribution >= 0.6 is 0 Å². The Balaban J connectivity index is 1.94. The summed E-state index contributed by atoms with van der Waals surface area (Å²) in [7, 11) is 0. The van der Waals surface area contributed by atoms with Crippen LogP contribution in [-0.2, 0) is 0 Å². The lowest BCUT2D eigenvalue weighted by atomic mass is 9.71. The van der Waals surface area contributed by atoms with Crippen molar-refractivity contribution in [3.05, 3.63) is 11.6 Å². The van der Waals surface area contributed by atoms with E-state index in [-0.39, 0.29) is 0 Å². The van der Waals surface area contributed by atoms with Gasteiger partial charge in [-0.05, 0) is 43.9 Å². The topological polar surface area (TPSA) is 0 Å². The Bertz CT molecular complexity index is 210. The van der Waals surface area contributed by atoms with Crippen LogP contribution in [0.3, 0.4) is 0 Å². The molecule has 0 heterocycles. The maximum Gasteiger partial charge on any atom is -0.0297 e. The molecule has 0 spiro atoms. The Kier molecular flexibility index (Phi) is 3.30. The molecule has 0 bridgehead atoms. The van der Waals surface area contributed by atoms with Crippen molar-refractivity contribution in [3.63, 3.8) is 0 Å². The molecule has 1 saturated carbocycles. The summed E-state index contributed by atoms with van der Waals surface area (Å²) >= 11 is 0. The number of allylic oxidation sites excluding steroid dienone is 2. The summed E-state index contributed by atoms with van der Waals surface area (Å²) in [6.45, 7) is 4.74. The highest BCUT2D eigenvalue weighted by Gasteiger charge is 2.27. The molecule has 2 rings (SSSR count). The molecule has 2 unspecified atom stereocenters. The van der Waals surface area contributed by atoms with Crippen molar-refractivity contribution in [2.75, 3.05) is 0 Å². The summed E-state index contributed by atoms with van der Waals surface area (Å²) in [5, 5.41) is 0. The van der Waals surface area contributed by atoms with Gasteiger partial charge >= 0.3 is 0 Å². The van der Waals surface area contributed by atoms with E-state index in [2.05, 4.69) is 19.9 Å². The van der Waals surface area contributed by atoms with Crippen LogP contribution in [0.2, 0.25) is 0 Å². The molecule has 2 aliphatic carbocycles. The highest BCUT2D eigenvalue weighted by atomic mass is 14.3. The van der Waals surface area contributed by atoms with Crippen LogP contribution in [0.15, 0.2) is 11.6 Å². The first-order valence-electron chi connectivity index (χ1n) is 6.41. The molecule has 0 aromatic rings. The lowest BCUT2D eigenvalue weighted by Gasteiger charge is -2.35. The van der Waals surface area contributed by atoms with E-state index in [4.69, 9.17) is 0 Å². The summed E-state index contributed by atoms with van der Waals surface area (Å²) < 4.78 is 0. The van der Waals surface area contributed by atoms with Crippen LogP contribution in [0.4, 0.5) is 0 Å². The molecular weight excluding hydrogens is 168 g/mol. The molecule has 1 fully saturated rings. The predicted octanol–water partition coefficient (Wildman–Crippen LogP) is 4.56. The second-order valence-corrected chi connectivity index (χ2v) is 5.62. The van der Waals surface area contributed by atoms with Crippen LogP contribution in [0.1, 0.15) is 58.8 Å². The smallest absolute Gasteiger partial charge is 0.0297 e. The average molecular weight is 192 g/mol. The zero-order chi connectivity index (χ0) is 9.97. The molecule has 2 aliphatic rings. The molecule has 0 aromatic heterocycles. The standard InChI is InChI=1S/C14H24/c1-11-6-8-14(13-4-3-5-13)9-7-12(2)10-11/h6,12-14H,3-5,7-10H2,1-2H3. The second-order valence-electron chi connectivity index (χ2n) is 5.62. The van der Waals surface area contributed by atoms with Gasteiger partial charge in [0.25, 0.3) is 0 Å². The van der Waals surface area contributed by atoms with Crippen LogP contribution in [0, 0.1) is 17.8 Å². The Labute approximate surface area is 88.8 Å². The fourth-order valence-electron chi connectivity index (χ4n) is 3.04. The molecule has 0 aromatic carbocycles. The Morgan fingerprint density at radius 3 is 2.50 bits per heavy atom. The SMILES string of the molecule is CC1=CCC(C2CCC2)CCC(C)C1. The fraction of sp³-hybridized carbons (Fsp3) is 0.857. The van der Waals surface area contributed by atoms with E-state index in [0.717, 1.165) is 17.8 Å². The highest BCUT2D eigenvalue weighted by molar-refractivity contribution is 5.02. The quantitative estimate of drug-likeness (QED) is 0.534. The van der Waals surface area contributed by atoms with Gasteiger partial charge in [-0.25, -0.2) is 0 Å². The molecular formula is C14H24. The molecule has 0 radical (unpaired) electrons. The largest absolute Gasteiger partial charge is 0.0853 e. The molecule has 2 atom stereocenters. The Morgan fingerprint density at radius 2 is 1.86 bits per heavy atom. The van der Waals surface area contributed by atoms with E-state index in [1.165, 1.54) is 44.9 Å². The van der Waals surface area contributed by atoms with Crippen molar-refractivity contribution < 1.29 is 0 Å². The summed E-state index contributed by atoms with van der Waals surface area (Å²) in [6.07, 6.45) is 12.7. The van der Waals surface area contributed by atoms with Crippen LogP contribution in [-0.4, -0.2) is 0 Å². The van der Waals surface area contributed by atoms with E-state index < -0.39 is 0 Å². The highest BCUT2D eigenvalue weighted by Crippen LogP contribution is 2.39. The van der Waals surface area contributed by atoms with Crippen molar-refractivity contribution in [1.29, 1.82) is 0 Å². The van der Waals surface area contributed by atoms with E-state index in [9.17, 15) is 0 Å². The van der Waals surface area contributed by atoms with Gasteiger partial charge < -0.3 is 0 Å². The molecule has 0 saturated heterocycles. The van der Waals surface area contributed by atoms with Gasteiger partial charge in [0, 0.05) is 0 Å². The van der Waals surface area contributed by atoms with Gasteiger partial charge in [-0.1, -0.05) is 44.3 Å². The molecule has 0 aliphatic heterocycles. The normalized spacial score (nSPS) is 35.4. The number of hydrogen-bond donors (Lipinski definition) is 0. The molecule has 0 heteroatoms. The van der Waals surface area contributed by atoms with Gasteiger partial charge in [0.05, 0.1) is 0 Å². The van der Waals surface area contributed by atoms with E-state index in [1.54, 1.807) is 5.57 Å². The van der Waals surface area contributed by atoms with Crippen molar-refractivity contribution in [2.45, 2.75) is 58.8 Å². The first-order valence-corrected chi connectivity index (χ1v) is 6.41. The molecule has 0 amide bonds. The fourth-order valence-corrected chi connectivity index (χ4v) is 3.04. The van der Waals surface area contributed by atoms with Gasteiger partial charge in [0.1, 0.15) is 0 Å². The predicted molar refractivity (Wildman–Crippen MR) is 62.2 cm³/mol. The lowest BCUT2D eigenvalue weighted by molar-refractivity contribution is 0.185. The van der Waals surface area contributed by atoms with Crippen LogP contribution < -0.4 is 0 Å². The average Bonchev–Trinajstić information content (AvgIpc) is 2.04. The zero-order valence-electron chi connectivity index (χ0n) is 9.76. The summed E-state index contributed by atoms with van der Waals surface area (Å²) in [6, 6.07) is 0. The number of rotatable bonds is 1. The third-order valence-corrected chi connectivity index (χ3v) is 4.29. The third kappa shape index (κ3) is 2.40. The number of hydrogen-bond acceptors (Lipinski definition) is 0. The van der Waals surface area contributed by atoms with Gasteiger partial charge in [-0.15, -0.1) is 0 Å².